The van der Waals surface area contributed by atoms with E-state index in [2.05, 4.69) is 68.6 Å². The highest BCUT2D eigenvalue weighted by Gasteiger charge is 2.19. The van der Waals surface area contributed by atoms with Gasteiger partial charge in [0.25, 0.3) is 0 Å². The van der Waals surface area contributed by atoms with Gasteiger partial charge in [-0.3, -0.25) is 9.80 Å². The summed E-state index contributed by atoms with van der Waals surface area (Å²) in [6.07, 6.45) is 5.33. The molecule has 1 aromatic heterocycles. The van der Waals surface area contributed by atoms with Gasteiger partial charge in [-0.1, -0.05) is 42.3 Å². The molecule has 7 rings (SSSR count). The van der Waals surface area contributed by atoms with E-state index in [1.807, 2.05) is 24.3 Å². The molecule has 1 N–H and O–H groups in total. The number of hydrogen-bond donors (Lipinski definition) is 1. The highest BCUT2D eigenvalue weighted by atomic mass is 127. The van der Waals surface area contributed by atoms with Crippen molar-refractivity contribution >= 4 is 45.5 Å². The number of esters is 2. The molecule has 10 nitrogen and oxygen atoms in total. The van der Waals surface area contributed by atoms with Crippen LogP contribution < -0.4 is 0 Å². The highest BCUT2D eigenvalue weighted by Crippen LogP contribution is 2.32. The molecule has 4 aromatic carbocycles. The summed E-state index contributed by atoms with van der Waals surface area (Å²) in [4.78, 5) is 32.6. The minimum atomic E-state index is -0.755. The number of carbonyl (C=O) groups excluding carboxylic acids is 2. The van der Waals surface area contributed by atoms with Crippen LogP contribution in [0.5, 0.6) is 5.75 Å². The number of phenols is 1. The first-order chi connectivity index (χ1) is 27.4. The molecule has 2 aliphatic heterocycles. The monoisotopic (exact) mass is 892 g/mol. The summed E-state index contributed by atoms with van der Waals surface area (Å²) in [5.41, 5.74) is 4.71. The fourth-order valence-corrected chi connectivity index (χ4v) is 6.95. The van der Waals surface area contributed by atoms with Crippen LogP contribution in [0.3, 0.4) is 0 Å². The molecule has 0 aliphatic carbocycles. The quantitative estimate of drug-likeness (QED) is 0.104. The minimum absolute atomic E-state index is 0.0930. The molecule has 0 amide bonds. The summed E-state index contributed by atoms with van der Waals surface area (Å²) in [5.74, 6) is 0.531. The lowest BCUT2D eigenvalue weighted by Gasteiger charge is -2.32. The van der Waals surface area contributed by atoms with Crippen molar-refractivity contribution in [1.29, 1.82) is 0 Å². The van der Waals surface area contributed by atoms with Crippen LogP contribution in [0.2, 0.25) is 0 Å². The van der Waals surface area contributed by atoms with Crippen LogP contribution in [-0.4, -0.2) is 117 Å². The standard InChI is InChI=1S/C22H23FN2O3.C14H18N2.C8H6FIO3/c1-24-7-9-25(10-8-24)14-15-3-5-16(6-4-15)20-12-17-11-18(23)13-19(21(17)28-20)22(26)27-2;1-3-13-4-6-14(7-5-13)12-16-10-8-15(2)9-11-16;1-13-8(12)5-2-4(9)3-6(10)7(5)11/h3-6,11-13H,7-10,14H2,1-2H3;1,4-7H,8-12H2,2H3;2-3,11H,1H3. The first-order valence-corrected chi connectivity index (χ1v) is 19.5. The third-order valence-electron chi connectivity index (χ3n) is 9.78. The van der Waals surface area contributed by atoms with Crippen LogP contribution >= 0.6 is 22.6 Å². The molecule has 300 valence electrons. The Kier molecular flexibility index (Phi) is 15.6. The number of furan rings is 1. The Bertz CT molecular complexity index is 2170. The molecule has 3 heterocycles. The van der Waals surface area contributed by atoms with E-state index < -0.39 is 23.6 Å². The average molecular weight is 893 g/mol. The maximum atomic E-state index is 13.8. The lowest BCUT2D eigenvalue weighted by Crippen LogP contribution is -2.43. The third-order valence-corrected chi connectivity index (χ3v) is 10.6. The van der Waals surface area contributed by atoms with E-state index in [1.54, 1.807) is 28.7 Å². The van der Waals surface area contributed by atoms with Crippen LogP contribution in [0.15, 0.2) is 83.3 Å². The number of halogens is 3. The molecule has 0 saturated carbocycles. The number of nitrogens with zero attached hydrogens (tertiary/aromatic N) is 4. The number of phenolic OH excluding ortho intramolecular Hbond substituents is 1. The fourth-order valence-electron chi connectivity index (χ4n) is 6.36. The summed E-state index contributed by atoms with van der Waals surface area (Å²) < 4.78 is 41.9. The smallest absolute Gasteiger partial charge is 0.341 e. The van der Waals surface area contributed by atoms with Crippen LogP contribution in [0, 0.1) is 27.5 Å². The van der Waals surface area contributed by atoms with Crippen LogP contribution in [-0.2, 0) is 22.6 Å². The maximum absolute atomic E-state index is 13.8. The van der Waals surface area contributed by atoms with Gasteiger partial charge in [0.05, 0.1) is 17.8 Å². The Labute approximate surface area is 346 Å². The van der Waals surface area contributed by atoms with E-state index in [1.165, 1.54) is 44.5 Å². The Balaban J connectivity index is 0.000000181. The first kappa shape index (κ1) is 43.3. The summed E-state index contributed by atoms with van der Waals surface area (Å²) in [6.45, 7) is 11.0. The van der Waals surface area contributed by atoms with Gasteiger partial charge in [0.15, 0.2) is 0 Å². The second-order valence-corrected chi connectivity index (χ2v) is 15.1. The van der Waals surface area contributed by atoms with Gasteiger partial charge in [-0.05, 0) is 90.3 Å². The van der Waals surface area contributed by atoms with Crippen LogP contribution in [0.1, 0.15) is 37.4 Å². The number of rotatable bonds is 7. The van der Waals surface area contributed by atoms with Crippen molar-refractivity contribution in [2.45, 2.75) is 13.1 Å². The number of terminal acetylenes is 1. The van der Waals surface area contributed by atoms with E-state index in [4.69, 9.17) is 15.6 Å². The summed E-state index contributed by atoms with van der Waals surface area (Å²) in [7, 11) is 6.76. The SMILES string of the molecule is C#Cc1ccc(CN2CCN(C)CC2)cc1.COC(=O)c1cc(F)cc(I)c1O.COC(=O)c1cc(F)cc2cc(-c3ccc(CN4CCN(C)CC4)cc3)oc12. The van der Waals surface area contributed by atoms with E-state index in [-0.39, 0.29) is 20.4 Å². The molecule has 5 aromatic rings. The van der Waals surface area contributed by atoms with Crippen molar-refractivity contribution in [3.8, 4) is 29.4 Å². The zero-order chi connectivity index (χ0) is 41.1. The molecule has 2 fully saturated rings. The molecule has 57 heavy (non-hydrogen) atoms. The van der Waals surface area contributed by atoms with E-state index in [9.17, 15) is 23.5 Å². The molecule has 0 unspecified atom stereocenters. The van der Waals surface area contributed by atoms with Gasteiger partial charge < -0.3 is 28.8 Å². The van der Waals surface area contributed by atoms with Gasteiger partial charge in [0, 0.05) is 82.0 Å². The summed E-state index contributed by atoms with van der Waals surface area (Å²) in [5, 5.41) is 9.89. The Morgan fingerprint density at radius 3 is 1.72 bits per heavy atom. The minimum Gasteiger partial charge on any atom is -0.506 e. The fraction of sp³-hybridized carbons (Fsp3) is 0.318. The molecule has 0 bridgehead atoms. The molecule has 0 atom stereocenters. The molecular formula is C44H47F2IN4O6. The van der Waals surface area contributed by atoms with Gasteiger partial charge >= 0.3 is 11.9 Å². The van der Waals surface area contributed by atoms with Gasteiger partial charge in [-0.2, -0.15) is 0 Å². The second-order valence-electron chi connectivity index (χ2n) is 13.9. The number of hydrogen-bond acceptors (Lipinski definition) is 10. The lowest BCUT2D eigenvalue weighted by molar-refractivity contribution is 0.0589. The molecule has 13 heteroatoms. The molecular weight excluding hydrogens is 845 g/mol. The number of carbonyl (C=O) groups is 2. The van der Waals surface area contributed by atoms with Crippen molar-refractivity contribution in [3.05, 3.63) is 122 Å². The largest absolute Gasteiger partial charge is 0.506 e. The average Bonchev–Trinajstić information content (AvgIpc) is 3.65. The molecule has 0 radical (unpaired) electrons. The van der Waals surface area contributed by atoms with Crippen molar-refractivity contribution in [3.63, 3.8) is 0 Å². The van der Waals surface area contributed by atoms with E-state index >= 15 is 0 Å². The second kappa shape index (κ2) is 20.5. The Morgan fingerprint density at radius 2 is 1.21 bits per heavy atom. The van der Waals surface area contributed by atoms with Gasteiger partial charge in [0.1, 0.15) is 39.9 Å². The van der Waals surface area contributed by atoms with Crippen molar-refractivity contribution < 1.29 is 37.4 Å². The van der Waals surface area contributed by atoms with Crippen LogP contribution in [0.25, 0.3) is 22.3 Å². The first-order valence-electron chi connectivity index (χ1n) is 18.4. The number of likely N-dealkylation sites (N-methyl/N-ethyl adjacent to an activating group) is 2. The van der Waals surface area contributed by atoms with Gasteiger partial charge in [-0.25, -0.2) is 18.4 Å². The Morgan fingerprint density at radius 1 is 0.737 bits per heavy atom. The molecule has 0 spiro atoms. The highest BCUT2D eigenvalue weighted by molar-refractivity contribution is 14.1. The zero-order valence-electron chi connectivity index (χ0n) is 32.6. The summed E-state index contributed by atoms with van der Waals surface area (Å²) in [6, 6.07) is 22.8. The number of methoxy groups -OCH3 is 2. The zero-order valence-corrected chi connectivity index (χ0v) is 34.7. The number of piperazine rings is 2. The Hall–Kier alpha value is -4.85. The van der Waals surface area contributed by atoms with Gasteiger partial charge in [0.2, 0.25) is 0 Å². The number of fused-ring (bicyclic) bond motifs is 1. The topological polar surface area (TPSA) is 98.9 Å². The van der Waals surface area contributed by atoms with Crippen molar-refractivity contribution in [2.24, 2.45) is 0 Å². The maximum Gasteiger partial charge on any atom is 0.341 e. The predicted octanol–water partition coefficient (Wildman–Crippen LogP) is 7.11. The van der Waals surface area contributed by atoms with Crippen molar-refractivity contribution in [1.82, 2.24) is 19.6 Å². The summed E-state index contributed by atoms with van der Waals surface area (Å²) >= 11 is 1.73. The van der Waals surface area contributed by atoms with E-state index in [0.717, 1.165) is 81.7 Å². The molecule has 2 aliphatic rings. The van der Waals surface area contributed by atoms with E-state index in [0.29, 0.717) is 16.7 Å². The van der Waals surface area contributed by atoms with Crippen LogP contribution in [0.4, 0.5) is 8.78 Å². The van der Waals surface area contributed by atoms with Gasteiger partial charge in [-0.15, -0.1) is 6.42 Å². The normalized spacial score (nSPS) is 15.1. The third kappa shape index (κ3) is 12.1. The molecule has 2 saturated heterocycles. The number of ether oxygens (including phenoxy) is 2. The lowest BCUT2D eigenvalue weighted by atomic mass is 10.1. The number of benzene rings is 4. The number of aromatic hydroxyl groups is 1. The predicted molar refractivity (Wildman–Crippen MR) is 225 cm³/mol. The van der Waals surface area contributed by atoms with Crippen molar-refractivity contribution in [2.75, 3.05) is 80.7 Å².